The highest BCUT2D eigenvalue weighted by Crippen LogP contribution is 2.25. The number of allylic oxidation sites excluding steroid dienone is 2. The average molecular weight is 179 g/mol. The number of esters is 1. The molecule has 0 fully saturated rings. The predicted octanol–water partition coefficient (Wildman–Crippen LogP) is 0.157. The lowest BCUT2D eigenvalue weighted by atomic mass is 9.99. The zero-order valence-corrected chi connectivity index (χ0v) is 6.48. The molecule has 0 aromatic carbocycles. The van der Waals surface area contributed by atoms with Crippen molar-refractivity contribution in [1.29, 1.82) is 0 Å². The van der Waals surface area contributed by atoms with Crippen molar-refractivity contribution in [2.75, 3.05) is 0 Å². The van der Waals surface area contributed by atoms with Gasteiger partial charge in [0.05, 0.1) is 11.3 Å². The number of rotatable bonds is 0. The number of carbonyl (C=O) groups excluding carboxylic acids is 2. The molecule has 0 bridgehead atoms. The van der Waals surface area contributed by atoms with Gasteiger partial charge in [0.2, 0.25) is 0 Å². The summed E-state index contributed by atoms with van der Waals surface area (Å²) in [5.41, 5.74) is 0.253. The zero-order chi connectivity index (χ0) is 9.42. The van der Waals surface area contributed by atoms with E-state index < -0.39 is 11.8 Å². The normalized spacial score (nSPS) is 23.8. The van der Waals surface area contributed by atoms with Gasteiger partial charge in [-0.25, -0.2) is 4.79 Å². The third-order valence-electron chi connectivity index (χ3n) is 1.85. The fourth-order valence-electron chi connectivity index (χ4n) is 1.27. The van der Waals surface area contributed by atoms with Gasteiger partial charge in [-0.1, -0.05) is 11.2 Å². The summed E-state index contributed by atoms with van der Waals surface area (Å²) in [4.78, 5) is 22.0. The van der Waals surface area contributed by atoms with Gasteiger partial charge in [-0.05, 0) is 6.08 Å². The Labute approximate surface area is 73.0 Å². The van der Waals surface area contributed by atoms with E-state index in [9.17, 15) is 9.59 Å². The van der Waals surface area contributed by atoms with Crippen molar-refractivity contribution in [3.8, 4) is 0 Å². The summed E-state index contributed by atoms with van der Waals surface area (Å²) in [6.45, 7) is 0. The van der Waals surface area contributed by atoms with Crippen molar-refractivity contribution in [3.05, 3.63) is 23.5 Å². The van der Waals surface area contributed by atoms with Gasteiger partial charge in [0.1, 0.15) is 5.76 Å². The average Bonchev–Trinajstić information content (AvgIpc) is 2.43. The van der Waals surface area contributed by atoms with Crippen LogP contribution in [0.15, 0.2) is 28.6 Å². The molecule has 2 aliphatic rings. The van der Waals surface area contributed by atoms with Crippen LogP contribution in [-0.2, 0) is 14.3 Å². The number of hydrogen-bond acceptors (Lipinski definition) is 5. The Morgan fingerprint density at radius 3 is 2.92 bits per heavy atom. The minimum atomic E-state index is -0.919. The summed E-state index contributed by atoms with van der Waals surface area (Å²) in [6.07, 6.45) is 3.50. The standard InChI is InChI=1S/C8H5NO4/c10-7-6-4(9-12)2-1-3-5(6)13-8(7)11/h1,3,12H,2H2/b9-4-. The van der Waals surface area contributed by atoms with Crippen LogP contribution in [0.25, 0.3) is 0 Å². The van der Waals surface area contributed by atoms with Crippen molar-refractivity contribution >= 4 is 17.5 Å². The van der Waals surface area contributed by atoms with Crippen molar-refractivity contribution in [1.82, 2.24) is 0 Å². The van der Waals surface area contributed by atoms with Crippen molar-refractivity contribution in [3.63, 3.8) is 0 Å². The molecule has 0 amide bonds. The predicted molar refractivity (Wildman–Crippen MR) is 41.1 cm³/mol. The molecule has 0 spiro atoms. The molecule has 2 rings (SSSR count). The molecule has 1 aliphatic heterocycles. The first-order chi connectivity index (χ1) is 6.24. The molecule has 0 saturated heterocycles. The monoisotopic (exact) mass is 179 g/mol. The fourth-order valence-corrected chi connectivity index (χ4v) is 1.27. The van der Waals surface area contributed by atoms with E-state index in [4.69, 9.17) is 5.21 Å². The molecule has 1 N–H and O–H groups in total. The topological polar surface area (TPSA) is 76.0 Å². The Bertz CT molecular complexity index is 389. The number of ether oxygens (including phenoxy) is 1. The molecule has 0 saturated carbocycles. The third kappa shape index (κ3) is 0.970. The molecule has 1 aliphatic carbocycles. The largest absolute Gasteiger partial charge is 0.420 e. The Hall–Kier alpha value is -1.91. The van der Waals surface area contributed by atoms with Gasteiger partial charge < -0.3 is 9.94 Å². The minimum Gasteiger partial charge on any atom is -0.420 e. The van der Waals surface area contributed by atoms with E-state index >= 15 is 0 Å². The molecule has 0 unspecified atom stereocenters. The van der Waals surface area contributed by atoms with Crippen molar-refractivity contribution in [2.45, 2.75) is 6.42 Å². The molecule has 0 radical (unpaired) electrons. The van der Waals surface area contributed by atoms with Crippen molar-refractivity contribution in [2.24, 2.45) is 5.16 Å². The number of ketones is 1. The van der Waals surface area contributed by atoms with Crippen LogP contribution in [0.2, 0.25) is 0 Å². The molecule has 13 heavy (non-hydrogen) atoms. The summed E-state index contributed by atoms with van der Waals surface area (Å²) in [7, 11) is 0. The second-order valence-electron chi connectivity index (χ2n) is 2.61. The summed E-state index contributed by atoms with van der Waals surface area (Å²) in [5.74, 6) is -1.49. The fraction of sp³-hybridized carbons (Fsp3) is 0.125. The summed E-state index contributed by atoms with van der Waals surface area (Å²) in [6, 6.07) is 0. The maximum Gasteiger partial charge on any atom is 0.385 e. The van der Waals surface area contributed by atoms with Gasteiger partial charge >= 0.3 is 5.97 Å². The van der Waals surface area contributed by atoms with Gasteiger partial charge in [0, 0.05) is 6.42 Å². The quantitative estimate of drug-likeness (QED) is 0.248. The van der Waals surface area contributed by atoms with E-state index in [1.165, 1.54) is 6.08 Å². The molecule has 0 atom stereocenters. The number of carbonyl (C=O) groups is 2. The summed E-state index contributed by atoms with van der Waals surface area (Å²) < 4.78 is 4.62. The molecular weight excluding hydrogens is 174 g/mol. The Kier molecular flexibility index (Phi) is 1.51. The first kappa shape index (κ1) is 7.72. The Morgan fingerprint density at radius 2 is 2.23 bits per heavy atom. The van der Waals surface area contributed by atoms with Gasteiger partial charge in [-0.15, -0.1) is 0 Å². The minimum absolute atomic E-state index is 0.0787. The first-order valence-electron chi connectivity index (χ1n) is 3.62. The molecule has 0 aromatic heterocycles. The zero-order valence-electron chi connectivity index (χ0n) is 6.48. The Balaban J connectivity index is 2.53. The highest BCUT2D eigenvalue weighted by molar-refractivity contribution is 6.50. The van der Waals surface area contributed by atoms with E-state index in [1.54, 1.807) is 6.08 Å². The molecule has 0 aromatic rings. The van der Waals surface area contributed by atoms with Crippen LogP contribution in [0.1, 0.15) is 6.42 Å². The number of nitrogens with zero attached hydrogens (tertiary/aromatic N) is 1. The molecule has 5 nitrogen and oxygen atoms in total. The highest BCUT2D eigenvalue weighted by Gasteiger charge is 2.37. The lowest BCUT2D eigenvalue weighted by molar-refractivity contribution is -0.145. The van der Waals surface area contributed by atoms with Crippen LogP contribution < -0.4 is 0 Å². The maximum atomic E-state index is 11.2. The van der Waals surface area contributed by atoms with Gasteiger partial charge in [0.25, 0.3) is 5.78 Å². The van der Waals surface area contributed by atoms with Gasteiger partial charge in [0.15, 0.2) is 0 Å². The highest BCUT2D eigenvalue weighted by atomic mass is 16.5. The number of oxime groups is 1. The smallest absolute Gasteiger partial charge is 0.385 e. The van der Waals surface area contributed by atoms with Gasteiger partial charge in [-0.3, -0.25) is 4.79 Å². The Morgan fingerprint density at radius 1 is 1.46 bits per heavy atom. The molecule has 66 valence electrons. The van der Waals surface area contributed by atoms with Crippen LogP contribution in [0, 0.1) is 0 Å². The lowest BCUT2D eigenvalue weighted by Gasteiger charge is -2.04. The molecule has 1 heterocycles. The second kappa shape index (κ2) is 2.55. The summed E-state index contributed by atoms with van der Waals surface area (Å²) >= 11 is 0. The first-order valence-corrected chi connectivity index (χ1v) is 3.62. The SMILES string of the molecule is O=C1OC2=C(C1=O)/C(=N\O)CC=C2. The van der Waals surface area contributed by atoms with Crippen LogP contribution >= 0.6 is 0 Å². The van der Waals surface area contributed by atoms with Crippen molar-refractivity contribution < 1.29 is 19.5 Å². The van der Waals surface area contributed by atoms with Crippen LogP contribution in [0.4, 0.5) is 0 Å². The van der Waals surface area contributed by atoms with Crippen LogP contribution in [0.5, 0.6) is 0 Å². The second-order valence-corrected chi connectivity index (χ2v) is 2.61. The van der Waals surface area contributed by atoms with Gasteiger partial charge in [-0.2, -0.15) is 0 Å². The van der Waals surface area contributed by atoms with Crippen LogP contribution in [0.3, 0.4) is 0 Å². The number of hydrogen-bond donors (Lipinski definition) is 1. The number of Topliss-reactive ketones (excluding diaryl/α,β-unsaturated/α-hetero) is 1. The van der Waals surface area contributed by atoms with Crippen LogP contribution in [-0.4, -0.2) is 22.7 Å². The molecular formula is C8H5NO4. The lowest BCUT2D eigenvalue weighted by Crippen LogP contribution is -2.16. The molecule has 5 heteroatoms. The van der Waals surface area contributed by atoms with E-state index in [0.29, 0.717) is 6.42 Å². The van der Waals surface area contributed by atoms with E-state index in [2.05, 4.69) is 9.89 Å². The third-order valence-corrected chi connectivity index (χ3v) is 1.85. The van der Waals surface area contributed by atoms with E-state index in [-0.39, 0.29) is 17.0 Å². The maximum absolute atomic E-state index is 11.2. The van der Waals surface area contributed by atoms with E-state index in [1.807, 2.05) is 0 Å². The van der Waals surface area contributed by atoms with E-state index in [0.717, 1.165) is 0 Å². The summed E-state index contributed by atoms with van der Waals surface area (Å²) in [5, 5.41) is 11.5.